The van der Waals surface area contributed by atoms with Gasteiger partial charge in [0.1, 0.15) is 29.0 Å². The number of aromatic nitrogens is 4. The zero-order chi connectivity index (χ0) is 15.5. The normalized spacial score (nSPS) is 11.5. The Morgan fingerprint density at radius 2 is 2.09 bits per heavy atom. The number of nitrogens with two attached hydrogens (primary N) is 1. The van der Waals surface area contributed by atoms with Gasteiger partial charge in [-0.25, -0.2) is 9.97 Å². The molecule has 0 aromatic carbocycles. The first-order valence-electron chi connectivity index (χ1n) is 7.73. The number of ether oxygens (including phenoxy) is 1. The lowest BCUT2D eigenvalue weighted by atomic mass is 10.2. The second kappa shape index (κ2) is 6.27. The summed E-state index contributed by atoms with van der Waals surface area (Å²) in [6.45, 7) is 6.16. The number of hydrogen-bond donors (Lipinski definition) is 1. The molecular formula is C16H21N5O. The third-order valence-electron chi connectivity index (χ3n) is 3.71. The topological polar surface area (TPSA) is 78.9 Å². The van der Waals surface area contributed by atoms with Crippen LogP contribution in [0.15, 0.2) is 18.3 Å². The molecule has 3 heterocycles. The summed E-state index contributed by atoms with van der Waals surface area (Å²) < 4.78 is 7.74. The van der Waals surface area contributed by atoms with Crippen LogP contribution in [0.5, 0.6) is 0 Å². The van der Waals surface area contributed by atoms with Crippen molar-refractivity contribution in [2.45, 2.75) is 39.8 Å². The number of imidazole rings is 1. The van der Waals surface area contributed by atoms with Crippen molar-refractivity contribution in [2.24, 2.45) is 0 Å². The van der Waals surface area contributed by atoms with Gasteiger partial charge in [0.25, 0.3) is 0 Å². The van der Waals surface area contributed by atoms with Crippen molar-refractivity contribution in [3.05, 3.63) is 24.2 Å². The highest BCUT2D eigenvalue weighted by Gasteiger charge is 2.17. The smallest absolute Gasteiger partial charge is 0.152 e. The molecule has 3 aromatic rings. The van der Waals surface area contributed by atoms with Crippen molar-refractivity contribution in [2.75, 3.05) is 12.3 Å². The average molecular weight is 299 g/mol. The summed E-state index contributed by atoms with van der Waals surface area (Å²) in [5, 5.41) is 0. The molecule has 0 amide bonds. The Morgan fingerprint density at radius 3 is 2.86 bits per heavy atom. The molecule has 6 nitrogen and oxygen atoms in total. The molecule has 116 valence electrons. The van der Waals surface area contributed by atoms with Crippen LogP contribution in [0.3, 0.4) is 0 Å². The van der Waals surface area contributed by atoms with Crippen molar-refractivity contribution in [3.63, 3.8) is 0 Å². The zero-order valence-corrected chi connectivity index (χ0v) is 13.0. The molecule has 22 heavy (non-hydrogen) atoms. The first-order chi connectivity index (χ1) is 10.8. The van der Waals surface area contributed by atoms with E-state index in [0.29, 0.717) is 19.0 Å². The van der Waals surface area contributed by atoms with E-state index >= 15 is 0 Å². The molecule has 0 aliphatic heterocycles. The standard InChI is InChI=1S/C16H21N5O/c1-3-5-9-21-12(10-22-4-2)20-14-15(21)13-11(19-16(14)17)7-6-8-18-13/h6-8H,3-5,9-10H2,1-2H3,(H2,17,19). The summed E-state index contributed by atoms with van der Waals surface area (Å²) in [5.74, 6) is 1.33. The number of pyridine rings is 2. The van der Waals surface area contributed by atoms with Crippen molar-refractivity contribution >= 4 is 27.9 Å². The van der Waals surface area contributed by atoms with Gasteiger partial charge >= 0.3 is 0 Å². The largest absolute Gasteiger partial charge is 0.382 e. The van der Waals surface area contributed by atoms with Gasteiger partial charge in [-0.2, -0.15) is 0 Å². The molecule has 0 saturated carbocycles. The predicted molar refractivity (Wildman–Crippen MR) is 87.5 cm³/mol. The highest BCUT2D eigenvalue weighted by Crippen LogP contribution is 2.28. The minimum Gasteiger partial charge on any atom is -0.382 e. The Hall–Kier alpha value is -2.21. The molecule has 0 radical (unpaired) electrons. The molecule has 0 fully saturated rings. The summed E-state index contributed by atoms with van der Waals surface area (Å²) >= 11 is 0. The number of anilines is 1. The van der Waals surface area contributed by atoms with E-state index in [9.17, 15) is 0 Å². The van der Waals surface area contributed by atoms with Crippen molar-refractivity contribution in [1.82, 2.24) is 19.5 Å². The fraction of sp³-hybridized carbons (Fsp3) is 0.438. The summed E-state index contributed by atoms with van der Waals surface area (Å²) in [7, 11) is 0. The average Bonchev–Trinajstić information content (AvgIpc) is 2.90. The quantitative estimate of drug-likeness (QED) is 0.757. The van der Waals surface area contributed by atoms with E-state index in [2.05, 4.69) is 26.4 Å². The third-order valence-corrected chi connectivity index (χ3v) is 3.71. The highest BCUT2D eigenvalue weighted by atomic mass is 16.5. The Kier molecular flexibility index (Phi) is 4.20. The minimum atomic E-state index is 0.448. The van der Waals surface area contributed by atoms with Gasteiger partial charge in [-0.1, -0.05) is 13.3 Å². The fourth-order valence-corrected chi connectivity index (χ4v) is 2.63. The molecule has 3 rings (SSSR count). The number of rotatable bonds is 6. The third kappa shape index (κ3) is 2.50. The Morgan fingerprint density at radius 1 is 1.23 bits per heavy atom. The molecule has 2 N–H and O–H groups in total. The number of nitrogens with zero attached hydrogens (tertiary/aromatic N) is 4. The molecule has 0 atom stereocenters. The second-order valence-electron chi connectivity index (χ2n) is 5.24. The molecule has 0 spiro atoms. The molecule has 0 saturated heterocycles. The summed E-state index contributed by atoms with van der Waals surface area (Å²) in [5.41, 5.74) is 9.43. The van der Waals surface area contributed by atoms with Crippen molar-refractivity contribution in [1.29, 1.82) is 0 Å². The monoisotopic (exact) mass is 299 g/mol. The molecule has 0 aliphatic carbocycles. The molecule has 0 aliphatic rings. The Balaban J connectivity index is 2.27. The highest BCUT2D eigenvalue weighted by molar-refractivity contribution is 6.04. The van der Waals surface area contributed by atoms with Crippen molar-refractivity contribution in [3.8, 4) is 0 Å². The van der Waals surface area contributed by atoms with Crippen LogP contribution in [0, 0.1) is 0 Å². The lowest BCUT2D eigenvalue weighted by Crippen LogP contribution is -2.06. The Bertz CT molecular complexity index is 796. The SMILES string of the molecule is CCCCn1c(COCC)nc2c(N)nc3cccnc3c21. The van der Waals surface area contributed by atoms with E-state index < -0.39 is 0 Å². The lowest BCUT2D eigenvalue weighted by Gasteiger charge is -2.09. The summed E-state index contributed by atoms with van der Waals surface area (Å²) in [6.07, 6.45) is 3.96. The molecule has 6 heteroatoms. The van der Waals surface area contributed by atoms with Crippen LogP contribution < -0.4 is 5.73 Å². The van der Waals surface area contributed by atoms with Crippen LogP contribution in [0.25, 0.3) is 22.1 Å². The van der Waals surface area contributed by atoms with Gasteiger partial charge in [0.2, 0.25) is 0 Å². The van der Waals surface area contributed by atoms with Crippen LogP contribution >= 0.6 is 0 Å². The van der Waals surface area contributed by atoms with E-state index in [1.54, 1.807) is 6.20 Å². The van der Waals surface area contributed by atoms with Crippen LogP contribution in [0.4, 0.5) is 5.82 Å². The summed E-state index contributed by atoms with van der Waals surface area (Å²) in [4.78, 5) is 13.6. The summed E-state index contributed by atoms with van der Waals surface area (Å²) in [6, 6.07) is 3.80. The number of unbranched alkanes of at least 4 members (excludes halogenated alkanes) is 1. The maximum absolute atomic E-state index is 6.11. The van der Waals surface area contributed by atoms with E-state index in [-0.39, 0.29) is 0 Å². The minimum absolute atomic E-state index is 0.448. The van der Waals surface area contributed by atoms with Gasteiger partial charge in [-0.15, -0.1) is 0 Å². The van der Waals surface area contributed by atoms with E-state index in [1.165, 1.54) is 0 Å². The molecular weight excluding hydrogens is 278 g/mol. The number of aryl methyl sites for hydroxylation is 1. The zero-order valence-electron chi connectivity index (χ0n) is 13.0. The van der Waals surface area contributed by atoms with Gasteiger partial charge in [-0.05, 0) is 25.5 Å². The number of hydrogen-bond acceptors (Lipinski definition) is 5. The van der Waals surface area contributed by atoms with Gasteiger partial charge in [0, 0.05) is 19.3 Å². The van der Waals surface area contributed by atoms with Gasteiger partial charge in [-0.3, -0.25) is 4.98 Å². The van der Waals surface area contributed by atoms with Crippen LogP contribution in [-0.2, 0) is 17.9 Å². The van der Waals surface area contributed by atoms with Crippen LogP contribution in [0.2, 0.25) is 0 Å². The first-order valence-corrected chi connectivity index (χ1v) is 7.73. The van der Waals surface area contributed by atoms with E-state index in [1.807, 2.05) is 19.1 Å². The number of fused-ring (bicyclic) bond motifs is 3. The fourth-order valence-electron chi connectivity index (χ4n) is 2.63. The van der Waals surface area contributed by atoms with Gasteiger partial charge < -0.3 is 15.0 Å². The second-order valence-corrected chi connectivity index (χ2v) is 5.24. The van der Waals surface area contributed by atoms with Crippen molar-refractivity contribution < 1.29 is 4.74 Å². The first kappa shape index (κ1) is 14.7. The predicted octanol–water partition coefficient (Wildman–Crippen LogP) is 2.90. The Labute approximate surface area is 129 Å². The van der Waals surface area contributed by atoms with Crippen LogP contribution in [-0.4, -0.2) is 26.1 Å². The molecule has 0 bridgehead atoms. The van der Waals surface area contributed by atoms with Gasteiger partial charge in [0.15, 0.2) is 5.82 Å². The maximum Gasteiger partial charge on any atom is 0.152 e. The van der Waals surface area contributed by atoms with Gasteiger partial charge in [0.05, 0.1) is 5.52 Å². The molecule has 3 aromatic heterocycles. The lowest BCUT2D eigenvalue weighted by molar-refractivity contribution is 0.126. The van der Waals surface area contributed by atoms with E-state index in [4.69, 9.17) is 10.5 Å². The molecule has 0 unspecified atom stereocenters. The number of nitrogen functional groups attached to an aromatic ring is 1. The van der Waals surface area contributed by atoms with E-state index in [0.717, 1.165) is 47.3 Å². The van der Waals surface area contributed by atoms with Crippen LogP contribution in [0.1, 0.15) is 32.5 Å². The maximum atomic E-state index is 6.11.